The van der Waals surface area contributed by atoms with Crippen molar-refractivity contribution in [2.45, 2.75) is 31.6 Å². The van der Waals surface area contributed by atoms with Crippen molar-refractivity contribution in [3.63, 3.8) is 0 Å². The number of rotatable bonds is 7. The van der Waals surface area contributed by atoms with Crippen LogP contribution in [0.3, 0.4) is 0 Å². The third kappa shape index (κ3) is 3.57. The highest BCUT2D eigenvalue weighted by Crippen LogP contribution is 2.26. The SMILES string of the molecule is CCN(C1CCN(c2ccccc2)C1=O)S(=O)(=O)C(C)COC. The maximum atomic E-state index is 12.7. The number of nitrogens with zero attached hydrogens (tertiary/aromatic N) is 2. The molecule has 0 saturated carbocycles. The predicted molar refractivity (Wildman–Crippen MR) is 89.8 cm³/mol. The fourth-order valence-corrected chi connectivity index (χ4v) is 4.61. The van der Waals surface area contributed by atoms with Crippen LogP contribution in [0.5, 0.6) is 0 Å². The van der Waals surface area contributed by atoms with Crippen molar-refractivity contribution in [1.29, 1.82) is 0 Å². The van der Waals surface area contributed by atoms with E-state index in [4.69, 9.17) is 4.74 Å². The molecular formula is C16H24N2O4S. The van der Waals surface area contributed by atoms with E-state index in [0.717, 1.165) is 5.69 Å². The van der Waals surface area contributed by atoms with Crippen molar-refractivity contribution >= 4 is 21.6 Å². The van der Waals surface area contributed by atoms with Gasteiger partial charge in [-0.15, -0.1) is 0 Å². The first-order valence-corrected chi connectivity index (χ1v) is 9.29. The van der Waals surface area contributed by atoms with Crippen molar-refractivity contribution in [2.75, 3.05) is 31.7 Å². The van der Waals surface area contributed by atoms with E-state index in [1.54, 1.807) is 18.7 Å². The summed E-state index contributed by atoms with van der Waals surface area (Å²) in [5, 5.41) is -0.675. The molecule has 2 unspecified atom stereocenters. The lowest BCUT2D eigenvalue weighted by Crippen LogP contribution is -2.48. The van der Waals surface area contributed by atoms with Gasteiger partial charge in [-0.25, -0.2) is 8.42 Å². The van der Waals surface area contributed by atoms with Crippen LogP contribution in [0.15, 0.2) is 30.3 Å². The number of sulfonamides is 1. The molecule has 0 spiro atoms. The molecule has 23 heavy (non-hydrogen) atoms. The predicted octanol–water partition coefficient (Wildman–Crippen LogP) is 1.48. The molecule has 1 heterocycles. The van der Waals surface area contributed by atoms with Gasteiger partial charge in [-0.2, -0.15) is 4.31 Å². The summed E-state index contributed by atoms with van der Waals surface area (Å²) in [5.74, 6) is -0.161. The normalized spacial score (nSPS) is 20.3. The first-order valence-electron chi connectivity index (χ1n) is 7.79. The molecule has 1 amide bonds. The summed E-state index contributed by atoms with van der Waals surface area (Å²) < 4.78 is 31.7. The van der Waals surface area contributed by atoms with Gasteiger partial charge in [0.25, 0.3) is 0 Å². The van der Waals surface area contributed by atoms with E-state index in [9.17, 15) is 13.2 Å². The second kappa shape index (κ2) is 7.42. The maximum Gasteiger partial charge on any atom is 0.245 e. The third-order valence-electron chi connectivity index (χ3n) is 4.14. The van der Waals surface area contributed by atoms with Crippen LogP contribution in [0.25, 0.3) is 0 Å². The minimum atomic E-state index is -3.57. The van der Waals surface area contributed by atoms with Gasteiger partial charge in [0.2, 0.25) is 15.9 Å². The molecule has 0 aromatic heterocycles. The largest absolute Gasteiger partial charge is 0.383 e. The molecule has 7 heteroatoms. The van der Waals surface area contributed by atoms with Crippen LogP contribution in [-0.4, -0.2) is 56.7 Å². The van der Waals surface area contributed by atoms with Gasteiger partial charge in [0, 0.05) is 25.9 Å². The fourth-order valence-electron chi connectivity index (χ4n) is 2.93. The average molecular weight is 340 g/mol. The van der Waals surface area contributed by atoms with E-state index >= 15 is 0 Å². The Labute approximate surface area is 138 Å². The Hall–Kier alpha value is -1.44. The smallest absolute Gasteiger partial charge is 0.245 e. The lowest BCUT2D eigenvalue weighted by atomic mass is 10.2. The molecule has 2 atom stereocenters. The van der Waals surface area contributed by atoms with Gasteiger partial charge in [0.05, 0.1) is 11.9 Å². The molecule has 6 nitrogen and oxygen atoms in total. The van der Waals surface area contributed by atoms with E-state index < -0.39 is 21.3 Å². The number of carbonyl (C=O) groups is 1. The number of ether oxygens (including phenoxy) is 1. The van der Waals surface area contributed by atoms with Gasteiger partial charge in [-0.05, 0) is 25.5 Å². The number of hydrogen-bond donors (Lipinski definition) is 0. The highest BCUT2D eigenvalue weighted by molar-refractivity contribution is 7.89. The molecular weight excluding hydrogens is 316 g/mol. The average Bonchev–Trinajstić information content (AvgIpc) is 2.90. The molecule has 2 rings (SSSR count). The van der Waals surface area contributed by atoms with Crippen LogP contribution < -0.4 is 4.90 Å². The van der Waals surface area contributed by atoms with Crippen molar-refractivity contribution in [3.8, 4) is 0 Å². The van der Waals surface area contributed by atoms with Crippen LogP contribution >= 0.6 is 0 Å². The van der Waals surface area contributed by atoms with Gasteiger partial charge in [0.1, 0.15) is 6.04 Å². The van der Waals surface area contributed by atoms with E-state index in [1.165, 1.54) is 11.4 Å². The summed E-state index contributed by atoms with van der Waals surface area (Å²) in [6, 6.07) is 8.70. The van der Waals surface area contributed by atoms with Crippen molar-refractivity contribution in [1.82, 2.24) is 4.31 Å². The number of methoxy groups -OCH3 is 1. The number of carbonyl (C=O) groups excluding carboxylic acids is 1. The molecule has 128 valence electrons. The van der Waals surface area contributed by atoms with E-state index in [1.807, 2.05) is 30.3 Å². The summed E-state index contributed by atoms with van der Waals surface area (Å²) in [6.07, 6.45) is 0.500. The molecule has 1 fully saturated rings. The quantitative estimate of drug-likeness (QED) is 0.754. The Bertz CT molecular complexity index is 633. The molecule has 0 N–H and O–H groups in total. The lowest BCUT2D eigenvalue weighted by molar-refractivity contribution is -0.120. The Morgan fingerprint density at radius 3 is 2.57 bits per heavy atom. The number of hydrogen-bond acceptors (Lipinski definition) is 4. The van der Waals surface area contributed by atoms with Crippen molar-refractivity contribution in [2.24, 2.45) is 0 Å². The minimum Gasteiger partial charge on any atom is -0.383 e. The zero-order chi connectivity index (χ0) is 17.0. The zero-order valence-electron chi connectivity index (χ0n) is 13.8. The van der Waals surface area contributed by atoms with Crippen molar-refractivity contribution in [3.05, 3.63) is 30.3 Å². The summed E-state index contributed by atoms with van der Waals surface area (Å²) >= 11 is 0. The summed E-state index contributed by atoms with van der Waals surface area (Å²) in [4.78, 5) is 14.4. The van der Waals surface area contributed by atoms with Gasteiger partial charge in [-0.3, -0.25) is 4.79 Å². The molecule has 1 aliphatic rings. The Morgan fingerprint density at radius 2 is 2.00 bits per heavy atom. The van der Waals surface area contributed by atoms with Gasteiger partial charge in [-0.1, -0.05) is 25.1 Å². The summed E-state index contributed by atoms with van der Waals surface area (Å²) in [7, 11) is -2.10. The van der Waals surface area contributed by atoms with Crippen LogP contribution in [0, 0.1) is 0 Å². The third-order valence-corrected chi connectivity index (χ3v) is 6.46. The highest BCUT2D eigenvalue weighted by Gasteiger charge is 2.42. The topological polar surface area (TPSA) is 66.9 Å². The molecule has 1 saturated heterocycles. The van der Waals surface area contributed by atoms with Crippen LogP contribution in [-0.2, 0) is 19.6 Å². The minimum absolute atomic E-state index is 0.113. The van der Waals surface area contributed by atoms with E-state index in [2.05, 4.69) is 0 Å². The molecule has 1 aromatic rings. The van der Waals surface area contributed by atoms with Crippen LogP contribution in [0.1, 0.15) is 20.3 Å². The second-order valence-electron chi connectivity index (χ2n) is 5.64. The number of anilines is 1. The first kappa shape index (κ1) is 17.9. The lowest BCUT2D eigenvalue weighted by Gasteiger charge is -2.28. The van der Waals surface area contributed by atoms with E-state index in [-0.39, 0.29) is 19.1 Å². The molecule has 0 radical (unpaired) electrons. The number of likely N-dealkylation sites (N-methyl/N-ethyl adjacent to an activating group) is 1. The molecule has 0 aliphatic carbocycles. The van der Waals surface area contributed by atoms with Gasteiger partial charge >= 0.3 is 0 Å². The van der Waals surface area contributed by atoms with Crippen molar-refractivity contribution < 1.29 is 17.9 Å². The highest BCUT2D eigenvalue weighted by atomic mass is 32.2. The number of amides is 1. The summed E-state index contributed by atoms with van der Waals surface area (Å²) in [6.45, 7) is 4.28. The van der Waals surface area contributed by atoms with Gasteiger partial charge < -0.3 is 9.64 Å². The monoisotopic (exact) mass is 340 g/mol. The van der Waals surface area contributed by atoms with E-state index in [0.29, 0.717) is 13.0 Å². The standard InChI is InChI=1S/C16H24N2O4S/c1-4-18(23(20,21)13(2)12-22-3)15-10-11-17(16(15)19)14-8-6-5-7-9-14/h5-9,13,15H,4,10-12H2,1-3H3. The van der Waals surface area contributed by atoms with Gasteiger partial charge in [0.15, 0.2) is 0 Å². The van der Waals surface area contributed by atoms with Crippen LogP contribution in [0.4, 0.5) is 5.69 Å². The number of benzene rings is 1. The van der Waals surface area contributed by atoms with Crippen LogP contribution in [0.2, 0.25) is 0 Å². The summed E-state index contributed by atoms with van der Waals surface area (Å²) in [5.41, 5.74) is 0.804. The molecule has 0 bridgehead atoms. The molecule has 1 aromatic carbocycles. The molecule has 1 aliphatic heterocycles. The number of para-hydroxylation sites is 1. The zero-order valence-corrected chi connectivity index (χ0v) is 14.6. The second-order valence-corrected chi connectivity index (χ2v) is 7.95. The Kier molecular flexibility index (Phi) is 5.78. The Balaban J connectivity index is 2.22. The fraction of sp³-hybridized carbons (Fsp3) is 0.562. The Morgan fingerprint density at radius 1 is 1.35 bits per heavy atom. The first-order chi connectivity index (χ1) is 10.9. The maximum absolute atomic E-state index is 12.7.